The summed E-state index contributed by atoms with van der Waals surface area (Å²) in [6.45, 7) is 1.79. The third kappa shape index (κ3) is 4.83. The van der Waals surface area contributed by atoms with Gasteiger partial charge in [0.15, 0.2) is 17.3 Å². The Kier molecular flexibility index (Phi) is 5.84. The first-order valence-electron chi connectivity index (χ1n) is 9.70. The molecule has 158 valence electrons. The lowest BCUT2D eigenvalue weighted by Gasteiger charge is -2.14. The fourth-order valence-electron chi connectivity index (χ4n) is 3.11. The number of hydrogen-bond acceptors (Lipinski definition) is 3. The van der Waals surface area contributed by atoms with Gasteiger partial charge in [-0.3, -0.25) is 4.79 Å². The predicted molar refractivity (Wildman–Crippen MR) is 111 cm³/mol. The molecule has 2 aromatic carbocycles. The Morgan fingerprint density at radius 2 is 1.81 bits per heavy atom. The molecular formula is C24H20F2N2O3. The minimum Gasteiger partial charge on any atom is -0.483 e. The average molecular weight is 422 g/mol. The van der Waals surface area contributed by atoms with Gasteiger partial charge in [0.2, 0.25) is 0 Å². The first-order chi connectivity index (χ1) is 15.0. The summed E-state index contributed by atoms with van der Waals surface area (Å²) in [4.78, 5) is 12.5. The van der Waals surface area contributed by atoms with E-state index in [0.29, 0.717) is 5.76 Å². The molecule has 1 amide bonds. The number of carbonyl (C=O) groups is 1. The third-order valence-electron chi connectivity index (χ3n) is 4.79. The maximum Gasteiger partial charge on any atom is 0.287 e. The van der Waals surface area contributed by atoms with Gasteiger partial charge in [-0.05, 0) is 61.0 Å². The summed E-state index contributed by atoms with van der Waals surface area (Å²) >= 11 is 0. The third-order valence-corrected chi connectivity index (χ3v) is 4.79. The molecule has 5 nitrogen and oxygen atoms in total. The zero-order valence-electron chi connectivity index (χ0n) is 16.7. The molecule has 0 fully saturated rings. The average Bonchev–Trinajstić information content (AvgIpc) is 3.46. The van der Waals surface area contributed by atoms with E-state index in [-0.39, 0.29) is 30.1 Å². The van der Waals surface area contributed by atoms with Crippen molar-refractivity contribution in [3.8, 4) is 11.4 Å². The van der Waals surface area contributed by atoms with Crippen LogP contribution in [0.5, 0.6) is 5.75 Å². The lowest BCUT2D eigenvalue weighted by molar-refractivity contribution is 0.0907. The summed E-state index contributed by atoms with van der Waals surface area (Å²) in [5, 5.41) is 2.89. The van der Waals surface area contributed by atoms with Crippen LogP contribution in [0.4, 0.5) is 8.78 Å². The predicted octanol–water partition coefficient (Wildman–Crippen LogP) is 5.42. The van der Waals surface area contributed by atoms with Crippen molar-refractivity contribution < 1.29 is 22.7 Å². The summed E-state index contributed by atoms with van der Waals surface area (Å²) in [5.74, 6) is -1.50. The van der Waals surface area contributed by atoms with Gasteiger partial charge in [-0.2, -0.15) is 0 Å². The highest BCUT2D eigenvalue weighted by Crippen LogP contribution is 2.20. The number of amides is 1. The summed E-state index contributed by atoms with van der Waals surface area (Å²) in [7, 11) is 0. The molecule has 31 heavy (non-hydrogen) atoms. The Bertz CT molecular complexity index is 1170. The molecule has 0 bridgehead atoms. The van der Waals surface area contributed by atoms with Crippen LogP contribution in [0.1, 0.15) is 34.8 Å². The van der Waals surface area contributed by atoms with Crippen LogP contribution >= 0.6 is 0 Å². The molecule has 1 atom stereocenters. The number of carbonyl (C=O) groups excluding carboxylic acids is 1. The van der Waals surface area contributed by atoms with Crippen molar-refractivity contribution in [2.24, 2.45) is 0 Å². The van der Waals surface area contributed by atoms with Gasteiger partial charge in [-0.25, -0.2) is 8.78 Å². The zero-order valence-corrected chi connectivity index (χ0v) is 16.7. The van der Waals surface area contributed by atoms with Crippen molar-refractivity contribution >= 4 is 5.91 Å². The van der Waals surface area contributed by atoms with Crippen molar-refractivity contribution in [3.05, 3.63) is 108 Å². The van der Waals surface area contributed by atoms with Crippen LogP contribution in [-0.4, -0.2) is 10.5 Å². The minimum atomic E-state index is -0.804. The smallest absolute Gasteiger partial charge is 0.287 e. The minimum absolute atomic E-state index is 0.0910. The van der Waals surface area contributed by atoms with Gasteiger partial charge in [-0.1, -0.05) is 12.1 Å². The molecule has 2 heterocycles. The van der Waals surface area contributed by atoms with Gasteiger partial charge < -0.3 is 19.0 Å². The number of nitrogens with one attached hydrogen (secondary N) is 1. The molecule has 0 saturated carbocycles. The number of aromatic nitrogens is 1. The van der Waals surface area contributed by atoms with Crippen molar-refractivity contribution in [1.82, 2.24) is 9.88 Å². The Balaban J connectivity index is 1.35. The van der Waals surface area contributed by atoms with E-state index in [1.54, 1.807) is 6.07 Å². The van der Waals surface area contributed by atoms with E-state index >= 15 is 0 Å². The first-order valence-corrected chi connectivity index (χ1v) is 9.70. The summed E-state index contributed by atoms with van der Waals surface area (Å²) in [5.41, 5.74) is 1.98. The van der Waals surface area contributed by atoms with E-state index in [1.165, 1.54) is 12.1 Å². The fourth-order valence-corrected chi connectivity index (χ4v) is 3.11. The van der Waals surface area contributed by atoms with Gasteiger partial charge >= 0.3 is 0 Å². The molecule has 7 heteroatoms. The van der Waals surface area contributed by atoms with E-state index in [0.717, 1.165) is 23.4 Å². The lowest BCUT2D eigenvalue weighted by Crippen LogP contribution is -2.26. The van der Waals surface area contributed by atoms with Gasteiger partial charge in [0.1, 0.15) is 18.2 Å². The molecule has 2 aromatic heterocycles. The number of nitrogens with zero attached hydrogens (tertiary/aromatic N) is 1. The Hall–Kier alpha value is -3.87. The maximum absolute atomic E-state index is 13.6. The number of ether oxygens (including phenoxy) is 1. The molecule has 0 radical (unpaired) electrons. The number of benzene rings is 2. The highest BCUT2D eigenvalue weighted by Gasteiger charge is 2.16. The van der Waals surface area contributed by atoms with Crippen molar-refractivity contribution in [3.63, 3.8) is 0 Å². The van der Waals surface area contributed by atoms with E-state index in [4.69, 9.17) is 9.15 Å². The van der Waals surface area contributed by atoms with E-state index in [2.05, 4.69) is 5.32 Å². The molecule has 0 aliphatic heterocycles. The highest BCUT2D eigenvalue weighted by atomic mass is 19.1. The molecule has 1 N–H and O–H groups in total. The topological polar surface area (TPSA) is 56.4 Å². The maximum atomic E-state index is 13.6. The highest BCUT2D eigenvalue weighted by molar-refractivity contribution is 5.91. The SMILES string of the molecule is CC(NC(=O)c1ccc(COc2ccc(F)cc2F)o1)c1ccc(-n2cccc2)cc1. The van der Waals surface area contributed by atoms with Gasteiger partial charge in [0.05, 0.1) is 6.04 Å². The van der Waals surface area contributed by atoms with Crippen LogP contribution in [0.25, 0.3) is 5.69 Å². The summed E-state index contributed by atoms with van der Waals surface area (Å²) in [6.07, 6.45) is 3.92. The monoisotopic (exact) mass is 422 g/mol. The summed E-state index contributed by atoms with van der Waals surface area (Å²) in [6, 6.07) is 17.7. The molecule has 0 aliphatic carbocycles. The molecule has 0 saturated heterocycles. The van der Waals surface area contributed by atoms with Crippen LogP contribution < -0.4 is 10.1 Å². The van der Waals surface area contributed by atoms with E-state index in [9.17, 15) is 13.6 Å². The number of hydrogen-bond donors (Lipinski definition) is 1. The normalized spacial score (nSPS) is 11.8. The second-order valence-corrected chi connectivity index (χ2v) is 7.01. The second kappa shape index (κ2) is 8.87. The molecular weight excluding hydrogens is 402 g/mol. The Morgan fingerprint density at radius 3 is 2.52 bits per heavy atom. The number of furan rings is 1. The van der Waals surface area contributed by atoms with E-state index in [1.807, 2.05) is 60.3 Å². The van der Waals surface area contributed by atoms with Crippen LogP contribution in [0, 0.1) is 11.6 Å². The van der Waals surface area contributed by atoms with Crippen LogP contribution in [0.2, 0.25) is 0 Å². The number of halogens is 2. The standard InChI is InChI=1S/C24H20F2N2O3/c1-16(17-4-7-19(8-5-17)28-12-2-3-13-28)27-24(29)23-11-9-20(31-23)15-30-22-10-6-18(25)14-21(22)26/h2-14,16H,15H2,1H3,(H,27,29). The largest absolute Gasteiger partial charge is 0.483 e. The van der Waals surface area contributed by atoms with E-state index < -0.39 is 11.6 Å². The molecule has 0 spiro atoms. The lowest BCUT2D eigenvalue weighted by atomic mass is 10.1. The van der Waals surface area contributed by atoms with Crippen molar-refractivity contribution in [1.29, 1.82) is 0 Å². The van der Waals surface area contributed by atoms with Gasteiger partial charge in [0.25, 0.3) is 5.91 Å². The fraction of sp³-hybridized carbons (Fsp3) is 0.125. The first kappa shape index (κ1) is 20.4. The second-order valence-electron chi connectivity index (χ2n) is 7.01. The van der Waals surface area contributed by atoms with Crippen LogP contribution in [0.15, 0.2) is 83.5 Å². The quantitative estimate of drug-likeness (QED) is 0.433. The Labute approximate surface area is 177 Å². The van der Waals surface area contributed by atoms with Crippen molar-refractivity contribution in [2.75, 3.05) is 0 Å². The molecule has 4 aromatic rings. The Morgan fingerprint density at radius 1 is 1.06 bits per heavy atom. The molecule has 1 unspecified atom stereocenters. The van der Waals surface area contributed by atoms with Crippen LogP contribution in [0.3, 0.4) is 0 Å². The number of rotatable bonds is 7. The summed E-state index contributed by atoms with van der Waals surface area (Å²) < 4.78 is 39.4. The van der Waals surface area contributed by atoms with Crippen molar-refractivity contribution in [2.45, 2.75) is 19.6 Å². The van der Waals surface area contributed by atoms with Crippen LogP contribution in [-0.2, 0) is 6.61 Å². The molecule has 4 rings (SSSR count). The van der Waals surface area contributed by atoms with Gasteiger partial charge in [0, 0.05) is 24.1 Å². The molecule has 0 aliphatic rings. The van der Waals surface area contributed by atoms with Gasteiger partial charge in [-0.15, -0.1) is 0 Å². The zero-order chi connectivity index (χ0) is 21.8.